The molecule has 3 rings (SSSR count). The number of nitrogens with one attached hydrogen (secondary N) is 1. The lowest BCUT2D eigenvalue weighted by molar-refractivity contribution is -0.123. The molecule has 0 spiro atoms. The van der Waals surface area contributed by atoms with Gasteiger partial charge in [-0.2, -0.15) is 0 Å². The number of aromatic nitrogens is 1. The second-order valence-electron chi connectivity index (χ2n) is 6.15. The molecule has 0 aliphatic rings. The number of rotatable bonds is 7. The second kappa shape index (κ2) is 9.32. The Labute approximate surface area is 163 Å². The molecule has 6 nitrogen and oxygen atoms in total. The molecule has 3 aromatic rings. The van der Waals surface area contributed by atoms with Crippen molar-refractivity contribution in [3.63, 3.8) is 0 Å². The Morgan fingerprint density at radius 1 is 0.964 bits per heavy atom. The first kappa shape index (κ1) is 19.1. The minimum Gasteiger partial charge on any atom is -0.457 e. The largest absolute Gasteiger partial charge is 0.457 e. The third kappa shape index (κ3) is 5.41. The molecule has 0 aliphatic carbocycles. The van der Waals surface area contributed by atoms with Crippen molar-refractivity contribution < 1.29 is 14.3 Å². The van der Waals surface area contributed by atoms with E-state index < -0.39 is 0 Å². The quantitative estimate of drug-likeness (QED) is 0.686. The van der Waals surface area contributed by atoms with Crippen LogP contribution in [0.15, 0.2) is 79.1 Å². The Morgan fingerprint density at radius 2 is 1.68 bits per heavy atom. The van der Waals surface area contributed by atoms with E-state index in [9.17, 15) is 9.59 Å². The molecule has 1 aromatic heterocycles. The summed E-state index contributed by atoms with van der Waals surface area (Å²) in [7, 11) is 0. The van der Waals surface area contributed by atoms with E-state index in [1.165, 1.54) is 11.8 Å². The van der Waals surface area contributed by atoms with Crippen LogP contribution in [0.25, 0.3) is 0 Å². The fourth-order valence-electron chi connectivity index (χ4n) is 2.61. The zero-order chi connectivity index (χ0) is 19.8. The highest BCUT2D eigenvalue weighted by molar-refractivity contribution is 5.97. The number of hydrogen-bond donors (Lipinski definition) is 1. The Balaban J connectivity index is 1.61. The predicted octanol–water partition coefficient (Wildman–Crippen LogP) is 3.54. The number of ether oxygens (including phenoxy) is 1. The van der Waals surface area contributed by atoms with Crippen LogP contribution >= 0.6 is 0 Å². The summed E-state index contributed by atoms with van der Waals surface area (Å²) in [6.07, 6.45) is 3.36. The molecule has 0 radical (unpaired) electrons. The van der Waals surface area contributed by atoms with Crippen molar-refractivity contribution in [3.8, 4) is 11.5 Å². The highest BCUT2D eigenvalue weighted by Gasteiger charge is 2.16. The van der Waals surface area contributed by atoms with Gasteiger partial charge in [0.2, 0.25) is 11.8 Å². The van der Waals surface area contributed by atoms with E-state index >= 15 is 0 Å². The van der Waals surface area contributed by atoms with Crippen LogP contribution in [0.3, 0.4) is 0 Å². The summed E-state index contributed by atoms with van der Waals surface area (Å²) in [6, 6.07) is 20.2. The van der Waals surface area contributed by atoms with E-state index in [0.717, 1.165) is 11.3 Å². The van der Waals surface area contributed by atoms with Gasteiger partial charge in [0.15, 0.2) is 0 Å². The fraction of sp³-hybridized carbons (Fsp3) is 0.136. The minimum absolute atomic E-state index is 0.0610. The summed E-state index contributed by atoms with van der Waals surface area (Å²) in [6.45, 7) is 1.74. The molecule has 0 fully saturated rings. The van der Waals surface area contributed by atoms with Crippen LogP contribution < -0.4 is 15.0 Å². The van der Waals surface area contributed by atoms with Gasteiger partial charge in [0.25, 0.3) is 0 Å². The van der Waals surface area contributed by atoms with Crippen molar-refractivity contribution in [3.05, 3.63) is 84.7 Å². The van der Waals surface area contributed by atoms with E-state index in [0.29, 0.717) is 18.0 Å². The van der Waals surface area contributed by atoms with Gasteiger partial charge in [-0.15, -0.1) is 0 Å². The average Bonchev–Trinajstić information content (AvgIpc) is 2.72. The predicted molar refractivity (Wildman–Crippen MR) is 107 cm³/mol. The monoisotopic (exact) mass is 375 g/mol. The van der Waals surface area contributed by atoms with Gasteiger partial charge >= 0.3 is 0 Å². The van der Waals surface area contributed by atoms with Gasteiger partial charge in [-0.1, -0.05) is 24.3 Å². The highest BCUT2D eigenvalue weighted by atomic mass is 16.5. The molecule has 142 valence electrons. The number of benzene rings is 2. The van der Waals surface area contributed by atoms with Gasteiger partial charge in [0.1, 0.15) is 18.0 Å². The molecule has 0 saturated heterocycles. The molecule has 0 bridgehead atoms. The number of amides is 2. The molecule has 0 unspecified atom stereocenters. The zero-order valence-corrected chi connectivity index (χ0v) is 15.5. The lowest BCUT2D eigenvalue weighted by Gasteiger charge is -2.21. The molecule has 1 N–H and O–H groups in total. The number of para-hydroxylation sites is 1. The lowest BCUT2D eigenvalue weighted by atomic mass is 10.2. The van der Waals surface area contributed by atoms with Crippen molar-refractivity contribution >= 4 is 17.5 Å². The van der Waals surface area contributed by atoms with Crippen LogP contribution in [-0.4, -0.2) is 23.3 Å². The van der Waals surface area contributed by atoms with E-state index in [2.05, 4.69) is 10.3 Å². The van der Waals surface area contributed by atoms with Crippen molar-refractivity contribution in [2.45, 2.75) is 13.5 Å². The van der Waals surface area contributed by atoms with Gasteiger partial charge in [-0.05, 0) is 48.0 Å². The topological polar surface area (TPSA) is 71.5 Å². The molecule has 0 aliphatic heterocycles. The molecule has 2 aromatic carbocycles. The van der Waals surface area contributed by atoms with Gasteiger partial charge < -0.3 is 15.0 Å². The third-order valence-electron chi connectivity index (χ3n) is 4.02. The average molecular weight is 375 g/mol. The Kier molecular flexibility index (Phi) is 6.36. The van der Waals surface area contributed by atoms with Crippen LogP contribution in [0, 0.1) is 0 Å². The number of hydrogen-bond acceptors (Lipinski definition) is 4. The number of carbonyl (C=O) groups is 2. The maximum Gasteiger partial charge on any atom is 0.240 e. The molecule has 2 amide bonds. The first-order valence-corrected chi connectivity index (χ1v) is 8.88. The van der Waals surface area contributed by atoms with E-state index in [1.54, 1.807) is 36.7 Å². The van der Waals surface area contributed by atoms with Crippen molar-refractivity contribution in [2.75, 3.05) is 11.4 Å². The van der Waals surface area contributed by atoms with E-state index in [-0.39, 0.29) is 18.4 Å². The van der Waals surface area contributed by atoms with Crippen LogP contribution in [0.1, 0.15) is 12.5 Å². The Bertz CT molecular complexity index is 913. The molecule has 0 saturated carbocycles. The van der Waals surface area contributed by atoms with Crippen LogP contribution in [0.2, 0.25) is 0 Å². The van der Waals surface area contributed by atoms with Gasteiger partial charge in [-0.3, -0.25) is 14.6 Å². The van der Waals surface area contributed by atoms with Crippen LogP contribution in [0.5, 0.6) is 11.5 Å². The number of pyridine rings is 1. The summed E-state index contributed by atoms with van der Waals surface area (Å²) in [5, 5.41) is 2.80. The van der Waals surface area contributed by atoms with Gasteiger partial charge in [-0.25, -0.2) is 0 Å². The summed E-state index contributed by atoms with van der Waals surface area (Å²) in [4.78, 5) is 29.7. The molecular formula is C22H21N3O3. The Morgan fingerprint density at radius 3 is 2.32 bits per heavy atom. The second-order valence-corrected chi connectivity index (χ2v) is 6.15. The van der Waals surface area contributed by atoms with E-state index in [4.69, 9.17) is 4.74 Å². The van der Waals surface area contributed by atoms with Crippen LogP contribution in [-0.2, 0) is 16.1 Å². The van der Waals surface area contributed by atoms with Crippen molar-refractivity contribution in [1.29, 1.82) is 0 Å². The maximum absolute atomic E-state index is 12.3. The third-order valence-corrected chi connectivity index (χ3v) is 4.02. The summed E-state index contributed by atoms with van der Waals surface area (Å²) < 4.78 is 5.75. The van der Waals surface area contributed by atoms with Crippen molar-refractivity contribution in [2.24, 2.45) is 0 Å². The molecule has 28 heavy (non-hydrogen) atoms. The fourth-order valence-corrected chi connectivity index (χ4v) is 2.61. The summed E-state index contributed by atoms with van der Waals surface area (Å²) in [5.41, 5.74) is 1.53. The number of anilines is 1. The summed E-state index contributed by atoms with van der Waals surface area (Å²) >= 11 is 0. The number of nitrogens with zero attached hydrogens (tertiary/aromatic N) is 2. The lowest BCUT2D eigenvalue weighted by Crippen LogP contribution is -2.39. The molecule has 6 heteroatoms. The zero-order valence-electron chi connectivity index (χ0n) is 15.5. The first-order valence-electron chi connectivity index (χ1n) is 8.88. The number of carbonyl (C=O) groups excluding carboxylic acids is 2. The van der Waals surface area contributed by atoms with Crippen LogP contribution in [0.4, 0.5) is 5.69 Å². The SMILES string of the molecule is CC(=O)N(CC(=O)NCc1cccnc1)c1ccc(Oc2ccccc2)cc1. The highest BCUT2D eigenvalue weighted by Crippen LogP contribution is 2.24. The van der Waals surface area contributed by atoms with Gasteiger partial charge in [0.05, 0.1) is 0 Å². The standard InChI is InChI=1S/C22H21N3O3/c1-17(26)25(16-22(27)24-15-18-6-5-13-23-14-18)19-9-11-21(12-10-19)28-20-7-3-2-4-8-20/h2-14H,15-16H2,1H3,(H,24,27). The summed E-state index contributed by atoms with van der Waals surface area (Å²) in [5.74, 6) is 0.921. The van der Waals surface area contributed by atoms with E-state index in [1.807, 2.05) is 42.5 Å². The minimum atomic E-state index is -0.247. The Hall–Kier alpha value is -3.67. The molecule has 1 heterocycles. The van der Waals surface area contributed by atoms with Crippen molar-refractivity contribution in [1.82, 2.24) is 10.3 Å². The normalized spacial score (nSPS) is 10.2. The molecule has 0 atom stereocenters. The van der Waals surface area contributed by atoms with Gasteiger partial charge in [0, 0.05) is 31.5 Å². The smallest absolute Gasteiger partial charge is 0.240 e. The molecular weight excluding hydrogens is 354 g/mol. The first-order chi connectivity index (χ1) is 13.6. The maximum atomic E-state index is 12.3.